The number of carbonyl (C=O) groups excluding carboxylic acids is 3. The zero-order valence-electron chi connectivity index (χ0n) is 14.6. The molecule has 1 aliphatic rings. The fourth-order valence-corrected chi connectivity index (χ4v) is 3.21. The highest BCUT2D eigenvalue weighted by Gasteiger charge is 2.18. The molecule has 2 amide bonds. The van der Waals surface area contributed by atoms with E-state index in [1.165, 1.54) is 11.8 Å². The van der Waals surface area contributed by atoms with Gasteiger partial charge in [0.25, 0.3) is 5.91 Å². The minimum absolute atomic E-state index is 0.118. The largest absolute Gasteiger partial charge is 0.494 e. The number of esters is 1. The third-order valence-electron chi connectivity index (χ3n) is 3.63. The summed E-state index contributed by atoms with van der Waals surface area (Å²) < 4.78 is 10.4. The summed E-state index contributed by atoms with van der Waals surface area (Å²) in [6, 6.07) is 11.8. The molecule has 0 aromatic heterocycles. The lowest BCUT2D eigenvalue weighted by Gasteiger charge is -2.16. The Morgan fingerprint density at radius 2 is 1.96 bits per heavy atom. The molecular formula is C19H18N2O5S. The van der Waals surface area contributed by atoms with Crippen LogP contribution in [0, 0.1) is 0 Å². The number of anilines is 2. The highest BCUT2D eigenvalue weighted by molar-refractivity contribution is 8.00. The number of amides is 2. The molecule has 0 radical (unpaired) electrons. The van der Waals surface area contributed by atoms with E-state index in [1.54, 1.807) is 42.5 Å². The van der Waals surface area contributed by atoms with Gasteiger partial charge in [0.2, 0.25) is 5.91 Å². The van der Waals surface area contributed by atoms with Crippen molar-refractivity contribution in [1.82, 2.24) is 0 Å². The van der Waals surface area contributed by atoms with E-state index in [0.717, 1.165) is 4.90 Å². The highest BCUT2D eigenvalue weighted by Crippen LogP contribution is 2.32. The van der Waals surface area contributed by atoms with Gasteiger partial charge in [0, 0.05) is 10.6 Å². The second-order valence-electron chi connectivity index (χ2n) is 5.63. The van der Waals surface area contributed by atoms with Crippen molar-refractivity contribution in [2.24, 2.45) is 0 Å². The Hall–Kier alpha value is -3.00. The van der Waals surface area contributed by atoms with Gasteiger partial charge in [-0.15, -0.1) is 11.8 Å². The van der Waals surface area contributed by atoms with Gasteiger partial charge in [0.15, 0.2) is 6.61 Å². The van der Waals surface area contributed by atoms with Crippen LogP contribution < -0.4 is 15.4 Å². The summed E-state index contributed by atoms with van der Waals surface area (Å²) in [5.74, 6) is -0.145. The van der Waals surface area contributed by atoms with Crippen LogP contribution in [-0.4, -0.2) is 36.8 Å². The molecule has 1 heterocycles. The lowest BCUT2D eigenvalue weighted by Crippen LogP contribution is -2.21. The van der Waals surface area contributed by atoms with Crippen molar-refractivity contribution < 1.29 is 23.9 Å². The third-order valence-corrected chi connectivity index (χ3v) is 4.71. The fraction of sp³-hybridized carbons (Fsp3) is 0.211. The van der Waals surface area contributed by atoms with Gasteiger partial charge in [-0.1, -0.05) is 0 Å². The average Bonchev–Trinajstić information content (AvgIpc) is 2.67. The zero-order valence-corrected chi connectivity index (χ0v) is 15.4. The molecular weight excluding hydrogens is 368 g/mol. The van der Waals surface area contributed by atoms with E-state index >= 15 is 0 Å². The smallest absolute Gasteiger partial charge is 0.338 e. The van der Waals surface area contributed by atoms with Crippen LogP contribution in [0.3, 0.4) is 0 Å². The molecule has 27 heavy (non-hydrogen) atoms. The molecule has 3 rings (SSSR count). The summed E-state index contributed by atoms with van der Waals surface area (Å²) in [6.07, 6.45) is 0. The van der Waals surface area contributed by atoms with Crippen molar-refractivity contribution in [1.29, 1.82) is 0 Å². The first kappa shape index (κ1) is 18.8. The van der Waals surface area contributed by atoms with Crippen LogP contribution in [0.15, 0.2) is 47.4 Å². The predicted octanol–water partition coefficient (Wildman–Crippen LogP) is 2.93. The Balaban J connectivity index is 1.53. The topological polar surface area (TPSA) is 93.7 Å². The Labute approximate surface area is 160 Å². The Morgan fingerprint density at radius 1 is 1.19 bits per heavy atom. The maximum absolute atomic E-state index is 12.1. The number of thioether (sulfide) groups is 1. The van der Waals surface area contributed by atoms with Gasteiger partial charge in [-0.05, 0) is 49.4 Å². The standard InChI is InChI=1S/C19H18N2O5S/c1-2-25-14-6-4-13(5-7-14)20-17(22)10-26-19(24)12-3-8-16-15(9-12)21-18(23)11-27-16/h3-9H,2,10-11H2,1H3,(H,20,22)(H,21,23). The summed E-state index contributed by atoms with van der Waals surface area (Å²) in [5, 5.41) is 5.35. The molecule has 140 valence electrons. The number of nitrogens with one attached hydrogen (secondary N) is 2. The summed E-state index contributed by atoms with van der Waals surface area (Å²) >= 11 is 1.40. The first-order valence-electron chi connectivity index (χ1n) is 8.31. The van der Waals surface area contributed by atoms with E-state index in [-0.39, 0.29) is 11.5 Å². The number of carbonyl (C=O) groups is 3. The maximum atomic E-state index is 12.1. The molecule has 0 saturated carbocycles. The van der Waals surface area contributed by atoms with E-state index in [1.807, 2.05) is 6.92 Å². The van der Waals surface area contributed by atoms with Gasteiger partial charge in [-0.3, -0.25) is 9.59 Å². The molecule has 0 spiro atoms. The van der Waals surface area contributed by atoms with Gasteiger partial charge in [-0.2, -0.15) is 0 Å². The third kappa shape index (κ3) is 5.01. The van der Waals surface area contributed by atoms with Gasteiger partial charge in [0.05, 0.1) is 23.6 Å². The summed E-state index contributed by atoms with van der Waals surface area (Å²) in [6.45, 7) is 2.04. The molecule has 0 fully saturated rings. The van der Waals surface area contributed by atoms with Crippen molar-refractivity contribution in [2.75, 3.05) is 29.6 Å². The van der Waals surface area contributed by atoms with Gasteiger partial charge in [0.1, 0.15) is 5.75 Å². The molecule has 0 unspecified atom stereocenters. The Kier molecular flexibility index (Phi) is 5.97. The second kappa shape index (κ2) is 8.59. The van der Waals surface area contributed by atoms with E-state index in [9.17, 15) is 14.4 Å². The van der Waals surface area contributed by atoms with E-state index in [0.29, 0.717) is 29.5 Å². The van der Waals surface area contributed by atoms with Crippen molar-refractivity contribution in [2.45, 2.75) is 11.8 Å². The van der Waals surface area contributed by atoms with Gasteiger partial charge < -0.3 is 20.1 Å². The van der Waals surface area contributed by atoms with Crippen LogP contribution in [0.5, 0.6) is 5.75 Å². The van der Waals surface area contributed by atoms with Crippen LogP contribution in [0.25, 0.3) is 0 Å². The Bertz CT molecular complexity index is 867. The minimum Gasteiger partial charge on any atom is -0.494 e. The number of fused-ring (bicyclic) bond motifs is 1. The van der Waals surface area contributed by atoms with Gasteiger partial charge >= 0.3 is 5.97 Å². The predicted molar refractivity (Wildman–Crippen MR) is 102 cm³/mol. The first-order valence-corrected chi connectivity index (χ1v) is 9.30. The van der Waals surface area contributed by atoms with Crippen molar-refractivity contribution >= 4 is 40.9 Å². The van der Waals surface area contributed by atoms with Crippen molar-refractivity contribution in [3.8, 4) is 5.75 Å². The van der Waals surface area contributed by atoms with Crippen LogP contribution >= 0.6 is 11.8 Å². The molecule has 0 saturated heterocycles. The molecule has 0 aliphatic carbocycles. The number of hydrogen-bond acceptors (Lipinski definition) is 6. The second-order valence-corrected chi connectivity index (χ2v) is 6.65. The van der Waals surface area contributed by atoms with E-state index in [2.05, 4.69) is 10.6 Å². The lowest BCUT2D eigenvalue weighted by molar-refractivity contribution is -0.119. The Morgan fingerprint density at radius 3 is 2.70 bits per heavy atom. The summed E-state index contributed by atoms with van der Waals surface area (Å²) in [5.41, 5.74) is 1.42. The zero-order chi connectivity index (χ0) is 19.2. The quantitative estimate of drug-likeness (QED) is 0.742. The fourth-order valence-electron chi connectivity index (χ4n) is 2.42. The van der Waals surface area contributed by atoms with E-state index < -0.39 is 18.5 Å². The van der Waals surface area contributed by atoms with Gasteiger partial charge in [-0.25, -0.2) is 4.79 Å². The first-order chi connectivity index (χ1) is 13.0. The van der Waals surface area contributed by atoms with E-state index in [4.69, 9.17) is 9.47 Å². The summed E-state index contributed by atoms with van der Waals surface area (Å²) in [7, 11) is 0. The number of ether oxygens (including phenoxy) is 2. The number of hydrogen-bond donors (Lipinski definition) is 2. The molecule has 0 bridgehead atoms. The molecule has 2 aromatic rings. The van der Waals surface area contributed by atoms with Crippen molar-refractivity contribution in [3.63, 3.8) is 0 Å². The van der Waals surface area contributed by atoms with Crippen LogP contribution in [0.2, 0.25) is 0 Å². The number of rotatable bonds is 6. The minimum atomic E-state index is -0.635. The average molecular weight is 386 g/mol. The lowest BCUT2D eigenvalue weighted by atomic mass is 10.2. The highest BCUT2D eigenvalue weighted by atomic mass is 32.2. The molecule has 0 atom stereocenters. The molecule has 8 heteroatoms. The summed E-state index contributed by atoms with van der Waals surface area (Å²) in [4.78, 5) is 36.4. The molecule has 2 aromatic carbocycles. The normalized spacial score (nSPS) is 12.6. The maximum Gasteiger partial charge on any atom is 0.338 e. The molecule has 7 nitrogen and oxygen atoms in total. The van der Waals surface area contributed by atoms with Crippen LogP contribution in [-0.2, 0) is 14.3 Å². The monoisotopic (exact) mass is 386 g/mol. The van der Waals surface area contributed by atoms with Crippen molar-refractivity contribution in [3.05, 3.63) is 48.0 Å². The van der Waals surface area contributed by atoms with Crippen LogP contribution in [0.4, 0.5) is 11.4 Å². The SMILES string of the molecule is CCOc1ccc(NC(=O)COC(=O)c2ccc3c(c2)NC(=O)CS3)cc1. The number of benzene rings is 2. The molecule has 1 aliphatic heterocycles. The van der Waals surface area contributed by atoms with Crippen LogP contribution in [0.1, 0.15) is 17.3 Å². The molecule has 2 N–H and O–H groups in total.